The minimum Gasteiger partial charge on any atom is -0.501 e. The second-order valence-corrected chi connectivity index (χ2v) is 19.9. The molecule has 0 saturated heterocycles. The number of nitrogens with zero attached hydrogens (tertiary/aromatic N) is 4. The van der Waals surface area contributed by atoms with Gasteiger partial charge >= 0.3 is 0 Å². The van der Waals surface area contributed by atoms with Gasteiger partial charge in [-0.2, -0.15) is 0 Å². The summed E-state index contributed by atoms with van der Waals surface area (Å²) in [6, 6.07) is 73.6. The predicted molar refractivity (Wildman–Crippen MR) is 305 cm³/mol. The van der Waals surface area contributed by atoms with Crippen molar-refractivity contribution in [3.05, 3.63) is 229 Å². The van der Waals surface area contributed by atoms with Crippen molar-refractivity contribution in [3.63, 3.8) is 0 Å². The van der Waals surface area contributed by atoms with Crippen LogP contribution in [0, 0.1) is 12.1 Å². The van der Waals surface area contributed by atoms with E-state index in [0.717, 1.165) is 83.6 Å². The van der Waals surface area contributed by atoms with Crippen LogP contribution in [0.4, 0.5) is 0 Å². The van der Waals surface area contributed by atoms with E-state index in [9.17, 15) is 0 Å². The molecule has 0 saturated carbocycles. The van der Waals surface area contributed by atoms with E-state index in [1.807, 2.05) is 113 Å². The van der Waals surface area contributed by atoms with Gasteiger partial charge in [0.1, 0.15) is 5.58 Å². The number of aromatic nitrogens is 4. The molecule has 3 aromatic heterocycles. The summed E-state index contributed by atoms with van der Waals surface area (Å²) in [7, 11) is 0. The molecule has 9 aromatic carbocycles. The molecule has 0 unspecified atom stereocenters. The van der Waals surface area contributed by atoms with Crippen molar-refractivity contribution in [1.29, 1.82) is 0 Å². The average molecular weight is 1140 g/mol. The number of fused-ring (bicyclic) bond motifs is 5. The van der Waals surface area contributed by atoms with Crippen LogP contribution < -0.4 is 0 Å². The summed E-state index contributed by atoms with van der Waals surface area (Å²) in [6.45, 7) is 16.7. The van der Waals surface area contributed by atoms with E-state index < -0.39 is 11.8 Å². The van der Waals surface area contributed by atoms with Crippen LogP contribution in [0.3, 0.4) is 0 Å². The third kappa shape index (κ3) is 9.23. The number of rotatable bonds is 10. The number of para-hydroxylation sites is 6. The van der Waals surface area contributed by atoms with Crippen LogP contribution in [0.2, 0.25) is 0 Å². The molecule has 0 aliphatic heterocycles. The van der Waals surface area contributed by atoms with E-state index in [-0.39, 0.29) is 31.9 Å². The van der Waals surface area contributed by atoms with Crippen molar-refractivity contribution in [1.82, 2.24) is 19.1 Å². The molecule has 5 nitrogen and oxygen atoms in total. The van der Waals surface area contributed by atoms with Gasteiger partial charge in [0.15, 0.2) is 0 Å². The van der Waals surface area contributed by atoms with Gasteiger partial charge in [0.05, 0.1) is 39.3 Å². The van der Waals surface area contributed by atoms with Crippen LogP contribution in [0.25, 0.3) is 100 Å². The van der Waals surface area contributed by atoms with E-state index in [1.165, 1.54) is 39.1 Å². The molecule has 74 heavy (non-hydrogen) atoms. The van der Waals surface area contributed by atoms with Crippen molar-refractivity contribution in [2.75, 3.05) is 0 Å². The van der Waals surface area contributed by atoms with Gasteiger partial charge in [0, 0.05) is 39.6 Å². The molecule has 0 fully saturated rings. The van der Waals surface area contributed by atoms with Gasteiger partial charge in [-0.1, -0.05) is 182 Å². The van der Waals surface area contributed by atoms with Crippen molar-refractivity contribution >= 4 is 44.0 Å². The van der Waals surface area contributed by atoms with Crippen molar-refractivity contribution in [2.45, 2.75) is 79.0 Å². The van der Waals surface area contributed by atoms with Crippen molar-refractivity contribution in [2.24, 2.45) is 0 Å². The van der Waals surface area contributed by atoms with Crippen LogP contribution >= 0.6 is 0 Å². The number of imidazole rings is 2. The number of hydrogen-bond donors (Lipinski definition) is 0. The molecular weight excluding hydrogens is 1080 g/mol. The minimum absolute atomic E-state index is 0. The zero-order chi connectivity index (χ0) is 52.2. The third-order valence-corrected chi connectivity index (χ3v) is 13.9. The summed E-state index contributed by atoms with van der Waals surface area (Å²) in [5.41, 5.74) is 18.6. The van der Waals surface area contributed by atoms with Gasteiger partial charge in [-0.15, -0.1) is 54.1 Å². The maximum atomic E-state index is 8.80. The first-order valence-electron chi connectivity index (χ1n) is 26.4. The van der Waals surface area contributed by atoms with E-state index >= 15 is 0 Å². The average Bonchev–Trinajstić information content (AvgIpc) is 4.15. The summed E-state index contributed by atoms with van der Waals surface area (Å²) in [6.07, 6.45) is 0. The monoisotopic (exact) mass is 1140 g/mol. The van der Waals surface area contributed by atoms with Gasteiger partial charge in [-0.3, -0.25) is 9.97 Å². The third-order valence-electron chi connectivity index (χ3n) is 13.9. The fourth-order valence-corrected chi connectivity index (χ4v) is 10.3. The zero-order valence-electron chi connectivity index (χ0n) is 45.2. The van der Waals surface area contributed by atoms with E-state index in [4.69, 9.17) is 17.1 Å². The Labute approximate surface area is 451 Å². The molecule has 0 bridgehead atoms. The van der Waals surface area contributed by atoms with Crippen LogP contribution in [-0.2, 0) is 20.1 Å². The quantitative estimate of drug-likeness (QED) is 0.128. The van der Waals surface area contributed by atoms with E-state index in [1.54, 1.807) is 0 Å². The van der Waals surface area contributed by atoms with Crippen LogP contribution in [0.15, 0.2) is 199 Å². The van der Waals surface area contributed by atoms with E-state index in [0.29, 0.717) is 0 Å². The maximum absolute atomic E-state index is 8.80. The molecule has 0 aliphatic rings. The van der Waals surface area contributed by atoms with Crippen LogP contribution in [0.1, 0.15) is 104 Å². The Kier molecular flexibility index (Phi) is 13.5. The first kappa shape index (κ1) is 47.4. The fraction of sp³-hybridized carbons (Fsp3) is 0.176. The van der Waals surface area contributed by atoms with Gasteiger partial charge in [0.2, 0.25) is 0 Å². The maximum Gasteiger partial charge on any atom is 0.120 e. The summed E-state index contributed by atoms with van der Waals surface area (Å²) in [5, 5.41) is 2.18. The van der Waals surface area contributed by atoms with Crippen LogP contribution in [-0.4, -0.2) is 19.1 Å². The molecular formula is C68H60IrN4O-2. The summed E-state index contributed by atoms with van der Waals surface area (Å²) in [4.78, 5) is 10.2. The second-order valence-electron chi connectivity index (χ2n) is 19.9. The molecule has 0 atom stereocenters. The predicted octanol–water partition coefficient (Wildman–Crippen LogP) is 18.7. The molecule has 0 spiro atoms. The van der Waals surface area contributed by atoms with Crippen LogP contribution in [0.5, 0.6) is 0 Å². The molecule has 1 radical (unpaired) electrons. The number of benzene rings is 9. The molecule has 6 heteroatoms. The molecule has 0 N–H and O–H groups in total. The topological polar surface area (TPSA) is 48.8 Å². The Bertz CT molecular complexity index is 3960. The molecule has 369 valence electrons. The van der Waals surface area contributed by atoms with E-state index in [2.05, 4.69) is 158 Å². The summed E-state index contributed by atoms with van der Waals surface area (Å²) < 4.78 is 28.6. The van der Waals surface area contributed by atoms with Gasteiger partial charge < -0.3 is 13.6 Å². The molecule has 3 heterocycles. The Balaban J connectivity index is 0.000000189. The molecule has 0 aliphatic carbocycles. The Morgan fingerprint density at radius 3 is 1.55 bits per heavy atom. The molecule has 12 aromatic rings. The van der Waals surface area contributed by atoms with Crippen molar-refractivity contribution in [3.8, 4) is 56.4 Å². The Hall–Kier alpha value is -7.63. The second kappa shape index (κ2) is 21.1. The van der Waals surface area contributed by atoms with Crippen molar-refractivity contribution < 1.29 is 27.3 Å². The SMILES string of the molecule is CC(C)c1cc(-c2ccc(-c3ccccc3)cc2)cc(C(C)C)c1-n1c(-c2[c-]ccc3c2oc2ccccc23)nc2ccccc21.[2H]C(C)(C)c1cccc(C([2H])(C)C)c1-n1c(-c2[c-]cccc2)nc2ccccc21.[Ir]. The fourth-order valence-electron chi connectivity index (χ4n) is 10.3. The summed E-state index contributed by atoms with van der Waals surface area (Å²) >= 11 is 0. The minimum atomic E-state index is -0.834. The normalized spacial score (nSPS) is 12.3. The van der Waals surface area contributed by atoms with Gasteiger partial charge in [-0.25, -0.2) is 0 Å². The van der Waals surface area contributed by atoms with Gasteiger partial charge in [-0.05, 0) is 111 Å². The Morgan fingerprint density at radius 1 is 0.446 bits per heavy atom. The van der Waals surface area contributed by atoms with Gasteiger partial charge in [0.25, 0.3) is 0 Å². The first-order valence-corrected chi connectivity index (χ1v) is 25.4. The molecule has 0 amide bonds. The smallest absolute Gasteiger partial charge is 0.120 e. The zero-order valence-corrected chi connectivity index (χ0v) is 45.6. The Morgan fingerprint density at radius 2 is 0.959 bits per heavy atom. The first-order chi connectivity index (χ1) is 36.2. The largest absolute Gasteiger partial charge is 0.501 e. The standard InChI is InChI=1S/C43H35N2O.C25H25N2.Ir/c1-27(2)36-25-32(31-23-21-30(22-24-31)29-13-6-5-7-14-29)26-37(28(3)4)41(36)45-39-19-10-9-18-38(39)44-43(45)35-17-12-16-34-33-15-8-11-20-40(33)46-42(34)35;1-17(2)20-13-10-14-21(18(3)4)24(20)27-23-16-9-8-15-22(23)26-25(27)19-11-6-5-7-12-19;/h5-16,18-28H,1-4H3;5-11,13-18H,1-4H3;/q2*-1;/i;17D,18D;. The number of furan rings is 1. The summed E-state index contributed by atoms with van der Waals surface area (Å²) in [5.74, 6) is 0.495. The number of hydrogen-bond acceptors (Lipinski definition) is 3. The molecule has 12 rings (SSSR count).